The third-order valence-electron chi connectivity index (χ3n) is 3.01. The van der Waals surface area contributed by atoms with Crippen LogP contribution in [-0.2, 0) is 6.54 Å². The van der Waals surface area contributed by atoms with Crippen LogP contribution in [0.3, 0.4) is 0 Å². The summed E-state index contributed by atoms with van der Waals surface area (Å²) in [5, 5.41) is 4.04. The average molecular weight is 283 g/mol. The normalized spacial score (nSPS) is 10.7. The molecule has 0 saturated heterocycles. The summed E-state index contributed by atoms with van der Waals surface area (Å²) < 4.78 is 0. The van der Waals surface area contributed by atoms with Crippen LogP contribution in [0.5, 0.6) is 0 Å². The Bertz CT molecular complexity index is 740. The standard InChI is InChI=1S/C15H13N3OS/c1-18(9-11-6-7-20-10-11)15(19)14-8-16-12-4-2-3-5-13(12)17-14/h2-8,10H,9H2,1H3. The Labute approximate surface area is 120 Å². The van der Waals surface area contributed by atoms with Crippen LogP contribution in [0.4, 0.5) is 0 Å². The van der Waals surface area contributed by atoms with E-state index in [4.69, 9.17) is 0 Å². The van der Waals surface area contributed by atoms with Gasteiger partial charge in [-0.1, -0.05) is 12.1 Å². The second kappa shape index (κ2) is 5.38. The molecular formula is C15H13N3OS. The number of hydrogen-bond donors (Lipinski definition) is 0. The van der Waals surface area contributed by atoms with Crippen molar-refractivity contribution in [3.05, 3.63) is 58.5 Å². The Morgan fingerprint density at radius 2 is 2.05 bits per heavy atom. The third kappa shape index (κ3) is 2.53. The Kier molecular flexibility index (Phi) is 3.43. The molecule has 0 atom stereocenters. The van der Waals surface area contributed by atoms with Gasteiger partial charge in [0.25, 0.3) is 5.91 Å². The molecule has 0 aliphatic carbocycles. The highest BCUT2D eigenvalue weighted by molar-refractivity contribution is 7.07. The maximum Gasteiger partial charge on any atom is 0.274 e. The zero-order valence-corrected chi connectivity index (χ0v) is 11.8. The molecule has 2 aromatic heterocycles. The van der Waals surface area contributed by atoms with Crippen LogP contribution in [0.25, 0.3) is 11.0 Å². The van der Waals surface area contributed by atoms with E-state index in [-0.39, 0.29) is 5.91 Å². The Morgan fingerprint density at radius 1 is 1.25 bits per heavy atom. The Balaban J connectivity index is 1.84. The highest BCUT2D eigenvalue weighted by Gasteiger charge is 2.14. The van der Waals surface area contributed by atoms with E-state index in [0.717, 1.165) is 16.6 Å². The Morgan fingerprint density at radius 3 is 2.80 bits per heavy atom. The van der Waals surface area contributed by atoms with E-state index < -0.39 is 0 Å². The topological polar surface area (TPSA) is 46.1 Å². The van der Waals surface area contributed by atoms with Gasteiger partial charge in [-0.3, -0.25) is 9.78 Å². The van der Waals surface area contributed by atoms with Crippen LogP contribution < -0.4 is 0 Å². The SMILES string of the molecule is CN(Cc1ccsc1)C(=O)c1cnc2ccccc2n1. The maximum absolute atomic E-state index is 12.3. The first kappa shape index (κ1) is 12.7. The van der Waals surface area contributed by atoms with Crippen LogP contribution in [-0.4, -0.2) is 27.8 Å². The van der Waals surface area contributed by atoms with Gasteiger partial charge in [0.05, 0.1) is 17.2 Å². The molecule has 3 aromatic rings. The lowest BCUT2D eigenvalue weighted by Crippen LogP contribution is -2.27. The first-order chi connectivity index (χ1) is 9.74. The number of aromatic nitrogens is 2. The molecule has 0 aliphatic rings. The molecule has 0 fully saturated rings. The van der Waals surface area contributed by atoms with Gasteiger partial charge >= 0.3 is 0 Å². The fourth-order valence-corrected chi connectivity index (χ4v) is 2.64. The van der Waals surface area contributed by atoms with E-state index in [2.05, 4.69) is 9.97 Å². The first-order valence-corrected chi connectivity index (χ1v) is 7.16. The minimum atomic E-state index is -0.116. The lowest BCUT2D eigenvalue weighted by atomic mass is 10.2. The molecule has 0 bridgehead atoms. The molecule has 20 heavy (non-hydrogen) atoms. The summed E-state index contributed by atoms with van der Waals surface area (Å²) in [6, 6.07) is 9.55. The maximum atomic E-state index is 12.3. The molecule has 4 nitrogen and oxygen atoms in total. The van der Waals surface area contributed by atoms with Crippen molar-refractivity contribution >= 4 is 28.3 Å². The summed E-state index contributed by atoms with van der Waals surface area (Å²) in [5.74, 6) is -0.116. The molecule has 0 aliphatic heterocycles. The summed E-state index contributed by atoms with van der Waals surface area (Å²) in [4.78, 5) is 22.6. The number of carbonyl (C=O) groups is 1. The van der Waals surface area contributed by atoms with Crippen molar-refractivity contribution in [2.75, 3.05) is 7.05 Å². The van der Waals surface area contributed by atoms with Crippen LogP contribution in [0.2, 0.25) is 0 Å². The van der Waals surface area contributed by atoms with E-state index in [1.807, 2.05) is 41.1 Å². The molecule has 5 heteroatoms. The summed E-state index contributed by atoms with van der Waals surface area (Å²) in [6.07, 6.45) is 1.54. The number of fused-ring (bicyclic) bond motifs is 1. The molecule has 0 unspecified atom stereocenters. The summed E-state index contributed by atoms with van der Waals surface area (Å²) in [6.45, 7) is 0.580. The lowest BCUT2D eigenvalue weighted by molar-refractivity contribution is 0.0779. The van der Waals surface area contributed by atoms with Crippen molar-refractivity contribution in [3.8, 4) is 0 Å². The largest absolute Gasteiger partial charge is 0.336 e. The fourth-order valence-electron chi connectivity index (χ4n) is 1.98. The van der Waals surface area contributed by atoms with Gasteiger partial charge in [0, 0.05) is 13.6 Å². The molecule has 1 amide bonds. The van der Waals surface area contributed by atoms with Crippen molar-refractivity contribution in [1.82, 2.24) is 14.9 Å². The van der Waals surface area contributed by atoms with Crippen molar-refractivity contribution in [2.24, 2.45) is 0 Å². The van der Waals surface area contributed by atoms with Gasteiger partial charge in [-0.05, 0) is 34.5 Å². The monoisotopic (exact) mass is 283 g/mol. The van der Waals surface area contributed by atoms with Crippen molar-refractivity contribution < 1.29 is 4.79 Å². The molecule has 2 heterocycles. The smallest absolute Gasteiger partial charge is 0.274 e. The molecule has 100 valence electrons. The van der Waals surface area contributed by atoms with Gasteiger partial charge in [0.2, 0.25) is 0 Å². The van der Waals surface area contributed by atoms with E-state index in [0.29, 0.717) is 12.2 Å². The second-order valence-corrected chi connectivity index (χ2v) is 5.32. The lowest BCUT2D eigenvalue weighted by Gasteiger charge is -2.15. The van der Waals surface area contributed by atoms with Crippen LogP contribution in [0.15, 0.2) is 47.3 Å². The van der Waals surface area contributed by atoms with Crippen molar-refractivity contribution in [3.63, 3.8) is 0 Å². The number of thiophene rings is 1. The highest BCUT2D eigenvalue weighted by atomic mass is 32.1. The molecule has 3 rings (SSSR count). The van der Waals surface area contributed by atoms with Crippen LogP contribution in [0.1, 0.15) is 16.1 Å². The molecular weight excluding hydrogens is 270 g/mol. The van der Waals surface area contributed by atoms with Gasteiger partial charge in [-0.2, -0.15) is 11.3 Å². The predicted octanol–water partition coefficient (Wildman–Crippen LogP) is 2.96. The number of para-hydroxylation sites is 2. The Hall–Kier alpha value is -2.27. The number of benzene rings is 1. The van der Waals surface area contributed by atoms with E-state index in [1.54, 1.807) is 23.3 Å². The quantitative estimate of drug-likeness (QED) is 0.742. The number of nitrogens with zero attached hydrogens (tertiary/aromatic N) is 3. The van der Waals surface area contributed by atoms with Crippen LogP contribution >= 0.6 is 11.3 Å². The molecule has 0 radical (unpaired) electrons. The zero-order valence-electron chi connectivity index (χ0n) is 11.0. The van der Waals surface area contributed by atoms with Gasteiger partial charge in [-0.25, -0.2) is 4.98 Å². The van der Waals surface area contributed by atoms with Gasteiger partial charge in [0.15, 0.2) is 0 Å². The summed E-state index contributed by atoms with van der Waals surface area (Å²) in [5.41, 5.74) is 3.04. The molecule has 0 saturated carbocycles. The molecule has 1 aromatic carbocycles. The van der Waals surface area contributed by atoms with Crippen LogP contribution in [0, 0.1) is 0 Å². The number of hydrogen-bond acceptors (Lipinski definition) is 4. The van der Waals surface area contributed by atoms with E-state index in [1.165, 1.54) is 6.20 Å². The second-order valence-electron chi connectivity index (χ2n) is 4.54. The molecule has 0 spiro atoms. The fraction of sp³-hybridized carbons (Fsp3) is 0.133. The van der Waals surface area contributed by atoms with Gasteiger partial charge < -0.3 is 4.90 Å². The minimum Gasteiger partial charge on any atom is -0.336 e. The zero-order chi connectivity index (χ0) is 13.9. The number of rotatable bonds is 3. The number of carbonyl (C=O) groups excluding carboxylic acids is 1. The predicted molar refractivity (Wildman–Crippen MR) is 79.7 cm³/mol. The average Bonchev–Trinajstić information content (AvgIpc) is 2.99. The highest BCUT2D eigenvalue weighted by Crippen LogP contribution is 2.12. The minimum absolute atomic E-state index is 0.116. The number of amides is 1. The summed E-state index contributed by atoms with van der Waals surface area (Å²) >= 11 is 1.63. The van der Waals surface area contributed by atoms with Crippen molar-refractivity contribution in [2.45, 2.75) is 6.54 Å². The first-order valence-electron chi connectivity index (χ1n) is 6.22. The van der Waals surface area contributed by atoms with Crippen molar-refractivity contribution in [1.29, 1.82) is 0 Å². The van der Waals surface area contributed by atoms with Gasteiger partial charge in [-0.15, -0.1) is 0 Å². The van der Waals surface area contributed by atoms with E-state index in [9.17, 15) is 4.79 Å². The van der Waals surface area contributed by atoms with E-state index >= 15 is 0 Å². The summed E-state index contributed by atoms with van der Waals surface area (Å²) in [7, 11) is 1.77. The third-order valence-corrected chi connectivity index (χ3v) is 3.75. The van der Waals surface area contributed by atoms with Gasteiger partial charge in [0.1, 0.15) is 5.69 Å². The molecule has 0 N–H and O–H groups in total.